The van der Waals surface area contributed by atoms with E-state index in [1.165, 1.54) is 51.5 Å². The maximum atomic E-state index is 3.62. The molecule has 1 nitrogen and oxygen atoms in total. The van der Waals surface area contributed by atoms with E-state index in [0.29, 0.717) is 6.04 Å². The van der Waals surface area contributed by atoms with Crippen LogP contribution < -0.4 is 5.32 Å². The molecule has 0 aromatic rings. The van der Waals surface area contributed by atoms with Gasteiger partial charge in [0.05, 0.1) is 0 Å². The van der Waals surface area contributed by atoms with Crippen LogP contribution in [0.25, 0.3) is 0 Å². The molecule has 0 saturated carbocycles. The normalized spacial score (nSPS) is 15.2. The summed E-state index contributed by atoms with van der Waals surface area (Å²) in [6.45, 7) is 10.4. The molecule has 0 spiro atoms. The summed E-state index contributed by atoms with van der Waals surface area (Å²) in [5.41, 5.74) is 0. The van der Waals surface area contributed by atoms with E-state index in [1.54, 1.807) is 0 Å². The molecule has 1 heteroatoms. The molecule has 0 aromatic heterocycles. The van der Waals surface area contributed by atoms with Crippen LogP contribution in [0.2, 0.25) is 0 Å². The zero-order chi connectivity index (χ0) is 11.5. The average molecular weight is 213 g/mol. The first-order chi connectivity index (χ1) is 7.26. The van der Waals surface area contributed by atoms with E-state index in [-0.39, 0.29) is 0 Å². The van der Waals surface area contributed by atoms with Crippen molar-refractivity contribution in [3.8, 4) is 0 Å². The van der Waals surface area contributed by atoms with Crippen LogP contribution in [0.5, 0.6) is 0 Å². The minimum absolute atomic E-state index is 0.705. The fraction of sp³-hybridized carbons (Fsp3) is 1.00. The highest BCUT2D eigenvalue weighted by molar-refractivity contribution is 4.71. The fourth-order valence-corrected chi connectivity index (χ4v) is 2.18. The number of hydrogen-bond acceptors (Lipinski definition) is 1. The van der Waals surface area contributed by atoms with Crippen LogP contribution in [0, 0.1) is 5.92 Å². The lowest BCUT2D eigenvalue weighted by Gasteiger charge is -2.23. The molecule has 2 unspecified atom stereocenters. The van der Waals surface area contributed by atoms with Gasteiger partial charge in [0.1, 0.15) is 0 Å². The zero-order valence-electron chi connectivity index (χ0n) is 11.3. The Morgan fingerprint density at radius 3 is 2.20 bits per heavy atom. The Labute approximate surface area is 97.0 Å². The Bertz CT molecular complexity index is 123. The van der Waals surface area contributed by atoms with Crippen molar-refractivity contribution >= 4 is 0 Å². The molecule has 0 amide bonds. The summed E-state index contributed by atoms with van der Waals surface area (Å²) in [6.07, 6.45) is 9.58. The molecule has 1 N–H and O–H groups in total. The maximum Gasteiger partial charge on any atom is 0.00668 e. The molecule has 0 radical (unpaired) electrons. The molecule has 2 atom stereocenters. The van der Waals surface area contributed by atoms with Crippen molar-refractivity contribution in [3.63, 3.8) is 0 Å². The highest BCUT2D eigenvalue weighted by Gasteiger charge is 2.13. The molecule has 0 aromatic carbocycles. The third-order valence-corrected chi connectivity index (χ3v) is 3.38. The van der Waals surface area contributed by atoms with E-state index in [4.69, 9.17) is 0 Å². The van der Waals surface area contributed by atoms with Gasteiger partial charge in [-0.1, -0.05) is 52.9 Å². The summed E-state index contributed by atoms with van der Waals surface area (Å²) >= 11 is 0. The minimum atomic E-state index is 0.705. The Hall–Kier alpha value is -0.0400. The van der Waals surface area contributed by atoms with Gasteiger partial charge in [0.25, 0.3) is 0 Å². The number of rotatable bonds is 10. The summed E-state index contributed by atoms with van der Waals surface area (Å²) in [6, 6.07) is 0.705. The molecular formula is C14H31N. The van der Waals surface area contributed by atoms with Gasteiger partial charge in [0.2, 0.25) is 0 Å². The summed E-state index contributed by atoms with van der Waals surface area (Å²) in [5, 5.41) is 3.62. The van der Waals surface area contributed by atoms with Crippen molar-refractivity contribution in [1.82, 2.24) is 5.32 Å². The Kier molecular flexibility index (Phi) is 10.4. The van der Waals surface area contributed by atoms with Gasteiger partial charge in [-0.3, -0.25) is 0 Å². The van der Waals surface area contributed by atoms with E-state index in [1.807, 2.05) is 0 Å². The van der Waals surface area contributed by atoms with Crippen molar-refractivity contribution in [2.75, 3.05) is 6.54 Å². The van der Waals surface area contributed by atoms with Gasteiger partial charge in [-0.15, -0.1) is 0 Å². The van der Waals surface area contributed by atoms with Gasteiger partial charge in [0.15, 0.2) is 0 Å². The summed E-state index contributed by atoms with van der Waals surface area (Å²) in [4.78, 5) is 0. The third-order valence-electron chi connectivity index (χ3n) is 3.38. The lowest BCUT2D eigenvalue weighted by atomic mass is 9.92. The Balaban J connectivity index is 3.60. The van der Waals surface area contributed by atoms with E-state index >= 15 is 0 Å². The van der Waals surface area contributed by atoms with Crippen LogP contribution in [-0.2, 0) is 0 Å². The maximum absolute atomic E-state index is 3.62. The molecule has 0 aliphatic rings. The van der Waals surface area contributed by atoms with Gasteiger partial charge in [-0.05, 0) is 32.2 Å². The zero-order valence-corrected chi connectivity index (χ0v) is 11.3. The van der Waals surface area contributed by atoms with Gasteiger partial charge < -0.3 is 5.32 Å². The van der Waals surface area contributed by atoms with Crippen molar-refractivity contribution in [2.45, 2.75) is 78.7 Å². The predicted octanol–water partition coefficient (Wildman–Crippen LogP) is 4.37. The van der Waals surface area contributed by atoms with E-state index in [2.05, 4.69) is 33.0 Å². The second kappa shape index (κ2) is 10.5. The molecular weight excluding hydrogens is 182 g/mol. The van der Waals surface area contributed by atoms with Crippen molar-refractivity contribution in [1.29, 1.82) is 0 Å². The summed E-state index contributed by atoms with van der Waals surface area (Å²) in [7, 11) is 0. The summed E-state index contributed by atoms with van der Waals surface area (Å²) < 4.78 is 0. The predicted molar refractivity (Wildman–Crippen MR) is 70.3 cm³/mol. The Morgan fingerprint density at radius 1 is 0.933 bits per heavy atom. The largest absolute Gasteiger partial charge is 0.314 e. The third kappa shape index (κ3) is 7.84. The van der Waals surface area contributed by atoms with Crippen LogP contribution in [0.1, 0.15) is 72.6 Å². The molecule has 0 heterocycles. The fourth-order valence-electron chi connectivity index (χ4n) is 2.18. The number of hydrogen-bond donors (Lipinski definition) is 1. The topological polar surface area (TPSA) is 12.0 Å². The van der Waals surface area contributed by atoms with Crippen LogP contribution in [0.3, 0.4) is 0 Å². The SMILES string of the molecule is CCCCCCC(CC)C(C)NCCC. The monoisotopic (exact) mass is 213 g/mol. The highest BCUT2D eigenvalue weighted by atomic mass is 14.9. The standard InChI is InChI=1S/C14H31N/c1-5-8-9-10-11-14(7-3)13(4)15-12-6-2/h13-15H,5-12H2,1-4H3. The number of nitrogens with one attached hydrogen (secondary N) is 1. The van der Waals surface area contributed by atoms with Gasteiger partial charge in [-0.25, -0.2) is 0 Å². The van der Waals surface area contributed by atoms with Crippen molar-refractivity contribution in [2.24, 2.45) is 5.92 Å². The van der Waals surface area contributed by atoms with Crippen molar-refractivity contribution in [3.05, 3.63) is 0 Å². The quantitative estimate of drug-likeness (QED) is 0.531. The second-order valence-corrected chi connectivity index (χ2v) is 4.76. The average Bonchev–Trinajstić information content (AvgIpc) is 2.26. The van der Waals surface area contributed by atoms with E-state index < -0.39 is 0 Å². The lowest BCUT2D eigenvalue weighted by molar-refractivity contribution is 0.333. The molecule has 92 valence electrons. The molecule has 0 fully saturated rings. The first-order valence-corrected chi connectivity index (χ1v) is 6.99. The second-order valence-electron chi connectivity index (χ2n) is 4.76. The molecule has 0 bridgehead atoms. The van der Waals surface area contributed by atoms with E-state index in [0.717, 1.165) is 5.92 Å². The van der Waals surface area contributed by atoms with E-state index in [9.17, 15) is 0 Å². The molecule has 15 heavy (non-hydrogen) atoms. The first-order valence-electron chi connectivity index (χ1n) is 6.99. The highest BCUT2D eigenvalue weighted by Crippen LogP contribution is 2.17. The van der Waals surface area contributed by atoms with Crippen LogP contribution in [0.4, 0.5) is 0 Å². The molecule has 0 saturated heterocycles. The van der Waals surface area contributed by atoms with Crippen molar-refractivity contribution < 1.29 is 0 Å². The van der Waals surface area contributed by atoms with Crippen LogP contribution in [0.15, 0.2) is 0 Å². The Morgan fingerprint density at radius 2 is 1.67 bits per heavy atom. The van der Waals surface area contributed by atoms with Crippen LogP contribution >= 0.6 is 0 Å². The van der Waals surface area contributed by atoms with Gasteiger partial charge in [-0.2, -0.15) is 0 Å². The molecule has 0 aliphatic heterocycles. The molecule has 0 rings (SSSR count). The lowest BCUT2D eigenvalue weighted by Crippen LogP contribution is -2.33. The minimum Gasteiger partial charge on any atom is -0.314 e. The molecule has 0 aliphatic carbocycles. The summed E-state index contributed by atoms with van der Waals surface area (Å²) in [5.74, 6) is 0.883. The van der Waals surface area contributed by atoms with Gasteiger partial charge >= 0.3 is 0 Å². The van der Waals surface area contributed by atoms with Gasteiger partial charge in [0, 0.05) is 6.04 Å². The number of unbranched alkanes of at least 4 members (excludes halogenated alkanes) is 3. The van der Waals surface area contributed by atoms with Crippen LogP contribution in [-0.4, -0.2) is 12.6 Å². The first kappa shape index (κ1) is 15.0. The smallest absolute Gasteiger partial charge is 0.00668 e.